The zero-order chi connectivity index (χ0) is 14.8. The Morgan fingerprint density at radius 3 is 2.60 bits per heavy atom. The molecule has 1 aromatic rings. The minimum absolute atomic E-state index is 0.268. The van der Waals surface area contributed by atoms with E-state index in [-0.39, 0.29) is 5.97 Å². The Hall–Kier alpha value is -1.09. The molecule has 20 heavy (non-hydrogen) atoms. The van der Waals surface area contributed by atoms with Crippen LogP contribution in [0, 0.1) is 5.92 Å². The fourth-order valence-corrected chi connectivity index (χ4v) is 2.42. The van der Waals surface area contributed by atoms with E-state index in [1.165, 1.54) is 19.3 Å². The van der Waals surface area contributed by atoms with E-state index in [0.29, 0.717) is 18.1 Å². The van der Waals surface area contributed by atoms with E-state index in [9.17, 15) is 4.79 Å². The highest BCUT2D eigenvalue weighted by atomic mass is 79.9. The minimum Gasteiger partial charge on any atom is -0.462 e. The van der Waals surface area contributed by atoms with Crippen LogP contribution in [0.15, 0.2) is 35.3 Å². The number of hydrogen-bond donors (Lipinski definition) is 0. The van der Waals surface area contributed by atoms with Crippen LogP contribution in [0.1, 0.15) is 45.1 Å². The lowest BCUT2D eigenvalue weighted by atomic mass is 10.0. The number of ether oxygens (including phenoxy) is 1. The molecule has 0 fully saturated rings. The van der Waals surface area contributed by atoms with Gasteiger partial charge in [0.05, 0.1) is 12.2 Å². The molecule has 1 unspecified atom stereocenters. The molecule has 0 aromatic heterocycles. The van der Waals surface area contributed by atoms with Gasteiger partial charge in [0.1, 0.15) is 0 Å². The molecule has 0 aliphatic rings. The third-order valence-electron chi connectivity index (χ3n) is 3.21. The van der Waals surface area contributed by atoms with Crippen molar-refractivity contribution in [3.8, 4) is 0 Å². The van der Waals surface area contributed by atoms with Gasteiger partial charge >= 0.3 is 5.97 Å². The van der Waals surface area contributed by atoms with Crippen LogP contribution < -0.4 is 0 Å². The van der Waals surface area contributed by atoms with Gasteiger partial charge in [0, 0.05) is 0 Å². The van der Waals surface area contributed by atoms with Crippen molar-refractivity contribution in [2.45, 2.75) is 39.5 Å². The molecule has 0 amide bonds. The third kappa shape index (κ3) is 5.91. The molecule has 0 spiro atoms. The summed E-state index contributed by atoms with van der Waals surface area (Å²) < 4.78 is 5.40. The van der Waals surface area contributed by atoms with Crippen molar-refractivity contribution in [1.29, 1.82) is 0 Å². The molecule has 0 N–H and O–H groups in total. The summed E-state index contributed by atoms with van der Waals surface area (Å²) in [6, 6.07) is 9.55. The molecule has 1 rings (SSSR count). The summed E-state index contributed by atoms with van der Waals surface area (Å²) in [7, 11) is 0. The molecule has 110 valence electrons. The largest absolute Gasteiger partial charge is 0.462 e. The van der Waals surface area contributed by atoms with Crippen molar-refractivity contribution in [3.63, 3.8) is 0 Å². The lowest BCUT2D eigenvalue weighted by Gasteiger charge is -2.13. The second-order valence-electron chi connectivity index (χ2n) is 5.09. The molecule has 0 aliphatic carbocycles. The summed E-state index contributed by atoms with van der Waals surface area (Å²) in [6.07, 6.45) is 4.78. The van der Waals surface area contributed by atoms with Gasteiger partial charge in [-0.3, -0.25) is 0 Å². The molecule has 0 heterocycles. The Kier molecular flexibility index (Phi) is 8.28. The molecule has 0 saturated carbocycles. The van der Waals surface area contributed by atoms with Gasteiger partial charge in [0.15, 0.2) is 0 Å². The van der Waals surface area contributed by atoms with Crippen LogP contribution in [-0.4, -0.2) is 12.6 Å². The monoisotopic (exact) mass is 338 g/mol. The van der Waals surface area contributed by atoms with Gasteiger partial charge in [-0.05, 0) is 22.9 Å². The Morgan fingerprint density at radius 2 is 2.00 bits per heavy atom. The molecular formula is C17H23BrO2. The Labute approximate surface area is 130 Å². The molecule has 0 radical (unpaired) electrons. The van der Waals surface area contributed by atoms with Gasteiger partial charge < -0.3 is 4.74 Å². The Balaban J connectivity index is 2.45. The maximum absolute atomic E-state index is 12.1. The normalized spacial score (nSPS) is 13.1. The topological polar surface area (TPSA) is 26.3 Å². The van der Waals surface area contributed by atoms with Crippen LogP contribution in [0.25, 0.3) is 5.57 Å². The van der Waals surface area contributed by atoms with E-state index in [1.807, 2.05) is 30.3 Å². The smallest absolute Gasteiger partial charge is 0.339 e. The fraction of sp³-hybridized carbons (Fsp3) is 0.471. The molecule has 3 heteroatoms. The zero-order valence-corrected chi connectivity index (χ0v) is 13.9. The molecule has 2 nitrogen and oxygen atoms in total. The predicted molar refractivity (Wildman–Crippen MR) is 87.6 cm³/mol. The summed E-state index contributed by atoms with van der Waals surface area (Å²) in [4.78, 5) is 13.7. The number of carbonyl (C=O) groups excluding carboxylic acids is 1. The Bertz CT molecular complexity index is 426. The number of rotatable bonds is 8. The van der Waals surface area contributed by atoms with Crippen LogP contribution in [-0.2, 0) is 9.53 Å². The lowest BCUT2D eigenvalue weighted by Crippen LogP contribution is -2.13. The van der Waals surface area contributed by atoms with E-state index in [0.717, 1.165) is 12.0 Å². The van der Waals surface area contributed by atoms with Crippen molar-refractivity contribution in [1.82, 2.24) is 0 Å². The van der Waals surface area contributed by atoms with Gasteiger partial charge in [-0.1, -0.05) is 79.4 Å². The molecule has 1 aromatic carbocycles. The van der Waals surface area contributed by atoms with E-state index in [2.05, 4.69) is 29.8 Å². The highest BCUT2D eigenvalue weighted by molar-refractivity contribution is 9.11. The molecule has 0 aliphatic heterocycles. The quantitative estimate of drug-likeness (QED) is 0.370. The highest BCUT2D eigenvalue weighted by Crippen LogP contribution is 2.18. The summed E-state index contributed by atoms with van der Waals surface area (Å²) in [5, 5.41) is 0. The molecule has 0 saturated heterocycles. The number of halogens is 1. The first-order chi connectivity index (χ1) is 9.69. The van der Waals surface area contributed by atoms with Crippen LogP contribution in [0.5, 0.6) is 0 Å². The van der Waals surface area contributed by atoms with E-state index >= 15 is 0 Å². The first-order valence-electron chi connectivity index (χ1n) is 7.22. The fourth-order valence-electron chi connectivity index (χ4n) is 1.96. The number of esters is 1. The Morgan fingerprint density at radius 1 is 1.30 bits per heavy atom. The first kappa shape index (κ1) is 17.0. The average molecular weight is 339 g/mol. The van der Waals surface area contributed by atoms with Gasteiger partial charge in [-0.25, -0.2) is 4.79 Å². The SMILES string of the molecule is CCCCCC(C)COC(=O)/C(=C/Br)c1ccccc1. The summed E-state index contributed by atoms with van der Waals surface area (Å²) in [6.45, 7) is 4.81. The second-order valence-corrected chi connectivity index (χ2v) is 5.55. The van der Waals surface area contributed by atoms with Gasteiger partial charge in [0.25, 0.3) is 0 Å². The van der Waals surface area contributed by atoms with E-state index in [1.54, 1.807) is 4.99 Å². The summed E-state index contributed by atoms with van der Waals surface area (Å²) >= 11 is 3.25. The molecule has 0 bridgehead atoms. The van der Waals surface area contributed by atoms with Crippen molar-refractivity contribution >= 4 is 27.5 Å². The third-order valence-corrected chi connectivity index (χ3v) is 3.67. The first-order valence-corrected chi connectivity index (χ1v) is 8.13. The van der Waals surface area contributed by atoms with Crippen LogP contribution >= 0.6 is 15.9 Å². The standard InChI is InChI=1S/C17H23BrO2/c1-3-4-6-9-14(2)13-20-17(19)16(12-18)15-10-7-5-8-11-15/h5,7-8,10-12,14H,3-4,6,9,13H2,1-2H3/b16-12+. The maximum Gasteiger partial charge on any atom is 0.339 e. The van der Waals surface area contributed by atoms with Crippen LogP contribution in [0.4, 0.5) is 0 Å². The number of benzene rings is 1. The predicted octanol–water partition coefficient (Wildman–Crippen LogP) is 5.18. The van der Waals surface area contributed by atoms with Gasteiger partial charge in [0.2, 0.25) is 0 Å². The second kappa shape index (κ2) is 9.76. The van der Waals surface area contributed by atoms with E-state index < -0.39 is 0 Å². The van der Waals surface area contributed by atoms with Crippen molar-refractivity contribution in [2.75, 3.05) is 6.61 Å². The van der Waals surface area contributed by atoms with Crippen LogP contribution in [0.3, 0.4) is 0 Å². The van der Waals surface area contributed by atoms with Gasteiger partial charge in [-0.15, -0.1) is 0 Å². The van der Waals surface area contributed by atoms with Crippen molar-refractivity contribution < 1.29 is 9.53 Å². The number of unbranched alkanes of at least 4 members (excludes halogenated alkanes) is 2. The lowest BCUT2D eigenvalue weighted by molar-refractivity contribution is -0.137. The zero-order valence-electron chi connectivity index (χ0n) is 12.3. The van der Waals surface area contributed by atoms with Crippen LogP contribution in [0.2, 0.25) is 0 Å². The van der Waals surface area contributed by atoms with Crippen molar-refractivity contribution in [2.24, 2.45) is 5.92 Å². The molecular weight excluding hydrogens is 316 g/mol. The average Bonchev–Trinajstić information content (AvgIpc) is 2.47. The number of carbonyl (C=O) groups is 1. The van der Waals surface area contributed by atoms with Gasteiger partial charge in [-0.2, -0.15) is 0 Å². The van der Waals surface area contributed by atoms with E-state index in [4.69, 9.17) is 4.74 Å². The maximum atomic E-state index is 12.1. The summed E-state index contributed by atoms with van der Waals surface area (Å²) in [5.41, 5.74) is 1.43. The highest BCUT2D eigenvalue weighted by Gasteiger charge is 2.14. The minimum atomic E-state index is -0.268. The number of hydrogen-bond acceptors (Lipinski definition) is 2. The summed E-state index contributed by atoms with van der Waals surface area (Å²) in [5.74, 6) is 0.147. The van der Waals surface area contributed by atoms with Crippen molar-refractivity contribution in [3.05, 3.63) is 40.9 Å². The molecule has 1 atom stereocenters.